The number of amides is 1. The second-order valence-electron chi connectivity index (χ2n) is 12.8. The van der Waals surface area contributed by atoms with Crippen LogP contribution in [0.25, 0.3) is 28.0 Å². The number of imidazole rings is 1. The quantitative estimate of drug-likeness (QED) is 0.291. The van der Waals surface area contributed by atoms with Crippen molar-refractivity contribution in [2.24, 2.45) is 4.99 Å². The van der Waals surface area contributed by atoms with Crippen LogP contribution in [0.2, 0.25) is 0 Å². The topological polar surface area (TPSA) is 105 Å². The molecule has 1 aromatic heterocycles. The Kier molecular flexibility index (Phi) is 7.86. The summed E-state index contributed by atoms with van der Waals surface area (Å²) in [4.78, 5) is 51.8. The van der Waals surface area contributed by atoms with E-state index in [0.717, 1.165) is 72.2 Å². The Balaban J connectivity index is 1.20. The lowest BCUT2D eigenvalue weighted by Crippen LogP contribution is -2.43. The predicted molar refractivity (Wildman–Crippen MR) is 167 cm³/mol. The number of carbonyl (C=O) groups is 3. The zero-order chi connectivity index (χ0) is 30.1. The van der Waals surface area contributed by atoms with Gasteiger partial charge in [0.2, 0.25) is 0 Å². The molecular weight excluding hydrogens is 540 g/mol. The van der Waals surface area contributed by atoms with Gasteiger partial charge in [0, 0.05) is 47.5 Å². The van der Waals surface area contributed by atoms with Gasteiger partial charge in [0.25, 0.3) is 0 Å². The summed E-state index contributed by atoms with van der Waals surface area (Å²) in [5.41, 5.74) is 6.47. The number of hydrogen-bond acceptors (Lipinski definition) is 6. The number of hydrogen-bond donors (Lipinski definition) is 1. The van der Waals surface area contributed by atoms with Crippen molar-refractivity contribution in [3.05, 3.63) is 71.3 Å². The van der Waals surface area contributed by atoms with E-state index < -0.39 is 5.60 Å². The first kappa shape index (κ1) is 28.8. The molecule has 3 aliphatic rings. The van der Waals surface area contributed by atoms with Crippen molar-refractivity contribution < 1.29 is 19.1 Å². The van der Waals surface area contributed by atoms with Gasteiger partial charge in [0.05, 0.1) is 17.9 Å². The molecule has 0 spiro atoms. The van der Waals surface area contributed by atoms with Crippen LogP contribution in [0.15, 0.2) is 53.8 Å². The molecule has 1 amide bonds. The molecule has 1 N–H and O–H groups in total. The van der Waals surface area contributed by atoms with Gasteiger partial charge < -0.3 is 9.72 Å². The second-order valence-corrected chi connectivity index (χ2v) is 12.8. The van der Waals surface area contributed by atoms with Gasteiger partial charge in [-0.3, -0.25) is 19.5 Å². The Morgan fingerprint density at radius 1 is 0.953 bits per heavy atom. The molecule has 0 unspecified atom stereocenters. The average Bonchev–Trinajstić information content (AvgIpc) is 3.81. The number of aldehydes is 2. The lowest BCUT2D eigenvalue weighted by molar-refractivity contribution is 0.0265. The molecule has 6 rings (SSSR count). The third kappa shape index (κ3) is 5.96. The van der Waals surface area contributed by atoms with E-state index in [1.807, 2.05) is 69.6 Å². The zero-order valence-corrected chi connectivity index (χ0v) is 25.1. The highest BCUT2D eigenvalue weighted by Gasteiger charge is 2.36. The maximum absolute atomic E-state index is 12.8. The fourth-order valence-electron chi connectivity index (χ4n) is 6.55. The molecule has 222 valence electrons. The van der Waals surface area contributed by atoms with Gasteiger partial charge in [-0.1, -0.05) is 37.1 Å². The van der Waals surface area contributed by atoms with Gasteiger partial charge in [0.1, 0.15) is 11.4 Å². The Bertz CT molecular complexity index is 1620. The molecule has 2 fully saturated rings. The number of aliphatic imine (C=N–C) groups is 1. The first-order chi connectivity index (χ1) is 20.7. The third-order valence-electron chi connectivity index (χ3n) is 8.69. The van der Waals surface area contributed by atoms with Gasteiger partial charge in [-0.15, -0.1) is 0 Å². The van der Waals surface area contributed by atoms with Crippen LogP contribution < -0.4 is 0 Å². The SMILES string of the molecule is CC(C)(C)OC(=O)N1CCC[C@H]1C1=NC=C(c2ccc(-c3ccc(-c4cnc(C5CCCC5)[nH]4)cc3C=O)c(C=O)c2)C1. The Hall–Kier alpha value is -4.33. The number of carbonyl (C=O) groups excluding carboxylic acids is 3. The maximum Gasteiger partial charge on any atom is 0.410 e. The maximum atomic E-state index is 12.8. The van der Waals surface area contributed by atoms with Crippen LogP contribution in [-0.4, -0.2) is 57.4 Å². The van der Waals surface area contributed by atoms with Crippen molar-refractivity contribution in [3.63, 3.8) is 0 Å². The lowest BCUT2D eigenvalue weighted by atomic mass is 9.91. The molecular formula is C35H38N4O4. The largest absolute Gasteiger partial charge is 0.444 e. The van der Waals surface area contributed by atoms with Crippen LogP contribution in [0.5, 0.6) is 0 Å². The number of ether oxygens (including phenoxy) is 1. The van der Waals surface area contributed by atoms with Crippen molar-refractivity contribution in [1.29, 1.82) is 0 Å². The first-order valence-electron chi connectivity index (χ1n) is 15.2. The number of nitrogens with zero attached hydrogens (tertiary/aromatic N) is 3. The second kappa shape index (κ2) is 11.7. The number of allylic oxidation sites excluding steroid dienone is 1. The van der Waals surface area contributed by atoms with Crippen molar-refractivity contribution in [1.82, 2.24) is 14.9 Å². The molecule has 3 heterocycles. The summed E-state index contributed by atoms with van der Waals surface area (Å²) in [6, 6.07) is 11.4. The number of likely N-dealkylation sites (tertiary alicyclic amines) is 1. The van der Waals surface area contributed by atoms with E-state index in [2.05, 4.69) is 9.97 Å². The molecule has 3 aromatic rings. The van der Waals surface area contributed by atoms with Gasteiger partial charge >= 0.3 is 6.09 Å². The van der Waals surface area contributed by atoms with Crippen LogP contribution in [-0.2, 0) is 4.74 Å². The standard InChI is InChI=1S/C35H38N4O4/c1-35(2,3)43-34(42)39-14-6-9-32(39)30-17-25(18-36-30)23-10-12-28(26(15-23)20-40)29-13-11-24(16-27(29)21-41)31-19-37-33(38-31)22-7-4-5-8-22/h10-13,15-16,18-22,32H,4-9,14,17H2,1-3H3,(H,37,38)/t32-/m0/s1. The van der Waals surface area contributed by atoms with E-state index in [4.69, 9.17) is 9.73 Å². The van der Waals surface area contributed by atoms with Gasteiger partial charge in [-0.05, 0) is 80.9 Å². The number of aromatic amines is 1. The summed E-state index contributed by atoms with van der Waals surface area (Å²) in [5.74, 6) is 1.49. The number of nitrogens with one attached hydrogen (secondary N) is 1. The van der Waals surface area contributed by atoms with Crippen molar-refractivity contribution in [3.8, 4) is 22.4 Å². The molecule has 0 radical (unpaired) electrons. The van der Waals surface area contributed by atoms with Gasteiger partial charge in [-0.25, -0.2) is 9.78 Å². The molecule has 1 atom stereocenters. The molecule has 1 saturated heterocycles. The van der Waals surface area contributed by atoms with Crippen molar-refractivity contribution >= 4 is 30.0 Å². The molecule has 1 saturated carbocycles. The van der Waals surface area contributed by atoms with Crippen molar-refractivity contribution in [2.45, 2.75) is 83.3 Å². The van der Waals surface area contributed by atoms with Crippen LogP contribution in [0.4, 0.5) is 4.79 Å². The van der Waals surface area contributed by atoms with Crippen molar-refractivity contribution in [2.75, 3.05) is 6.54 Å². The fraction of sp³-hybridized carbons (Fsp3) is 0.400. The summed E-state index contributed by atoms with van der Waals surface area (Å²) < 4.78 is 5.63. The van der Waals surface area contributed by atoms with E-state index in [9.17, 15) is 14.4 Å². The average molecular weight is 579 g/mol. The van der Waals surface area contributed by atoms with E-state index >= 15 is 0 Å². The lowest BCUT2D eigenvalue weighted by Gasteiger charge is -2.28. The highest BCUT2D eigenvalue weighted by molar-refractivity contribution is 6.04. The molecule has 43 heavy (non-hydrogen) atoms. The number of benzene rings is 2. The molecule has 1 aliphatic carbocycles. The summed E-state index contributed by atoms with van der Waals surface area (Å²) in [7, 11) is 0. The Morgan fingerprint density at radius 3 is 2.30 bits per heavy atom. The van der Waals surface area contributed by atoms with Crippen LogP contribution in [0.3, 0.4) is 0 Å². The van der Waals surface area contributed by atoms with E-state index in [-0.39, 0.29) is 12.1 Å². The molecule has 2 aromatic carbocycles. The minimum Gasteiger partial charge on any atom is -0.444 e. The fourth-order valence-corrected chi connectivity index (χ4v) is 6.55. The summed E-state index contributed by atoms with van der Waals surface area (Å²) >= 11 is 0. The summed E-state index contributed by atoms with van der Waals surface area (Å²) in [6.45, 7) is 6.26. The minimum absolute atomic E-state index is 0.0915. The summed E-state index contributed by atoms with van der Waals surface area (Å²) in [5, 5.41) is 0. The van der Waals surface area contributed by atoms with Crippen LogP contribution in [0.1, 0.15) is 104 Å². The molecule has 2 aliphatic heterocycles. The highest BCUT2D eigenvalue weighted by atomic mass is 16.6. The number of H-pyrrole nitrogens is 1. The van der Waals surface area contributed by atoms with Gasteiger partial charge in [-0.2, -0.15) is 0 Å². The number of rotatable bonds is 7. The summed E-state index contributed by atoms with van der Waals surface area (Å²) in [6.07, 6.45) is 12.2. The van der Waals surface area contributed by atoms with E-state index in [1.54, 1.807) is 4.90 Å². The van der Waals surface area contributed by atoms with E-state index in [1.165, 1.54) is 12.8 Å². The molecule has 8 nitrogen and oxygen atoms in total. The first-order valence-corrected chi connectivity index (χ1v) is 15.2. The Morgan fingerprint density at radius 2 is 1.63 bits per heavy atom. The Labute approximate surface area is 252 Å². The third-order valence-corrected chi connectivity index (χ3v) is 8.69. The zero-order valence-electron chi connectivity index (χ0n) is 25.1. The molecule has 8 heteroatoms. The smallest absolute Gasteiger partial charge is 0.410 e. The highest BCUT2D eigenvalue weighted by Crippen LogP contribution is 2.36. The van der Waals surface area contributed by atoms with Gasteiger partial charge in [0.15, 0.2) is 12.6 Å². The predicted octanol–water partition coefficient (Wildman–Crippen LogP) is 7.61. The van der Waals surface area contributed by atoms with Crippen LogP contribution in [0, 0.1) is 0 Å². The number of aromatic nitrogens is 2. The monoisotopic (exact) mass is 578 g/mol. The van der Waals surface area contributed by atoms with Crippen LogP contribution >= 0.6 is 0 Å². The van der Waals surface area contributed by atoms with E-state index in [0.29, 0.717) is 41.1 Å². The normalized spacial score (nSPS) is 19.0. The minimum atomic E-state index is -0.556. The molecule has 0 bridgehead atoms.